The molecule has 1 aromatic heterocycles. The number of hydrogen-bond acceptors (Lipinski definition) is 3. The largest absolute Gasteiger partial charge is 0.509 e. The summed E-state index contributed by atoms with van der Waals surface area (Å²) in [6.07, 6.45) is 3.42. The van der Waals surface area contributed by atoms with Gasteiger partial charge in [-0.2, -0.15) is 0 Å². The van der Waals surface area contributed by atoms with Gasteiger partial charge < -0.3 is 9.67 Å². The van der Waals surface area contributed by atoms with E-state index in [4.69, 9.17) is 0 Å². The van der Waals surface area contributed by atoms with Crippen LogP contribution in [-0.4, -0.2) is 21.2 Å². The van der Waals surface area contributed by atoms with Gasteiger partial charge in [0.15, 0.2) is 5.78 Å². The molecular weight excluding hydrogens is 302 g/mol. The lowest BCUT2D eigenvalue weighted by Crippen LogP contribution is -2.42. The summed E-state index contributed by atoms with van der Waals surface area (Å²) < 4.78 is 1.97. The minimum atomic E-state index is -0.668. The quantitative estimate of drug-likeness (QED) is 0.850. The molecule has 4 rings (SSSR count). The Morgan fingerprint density at radius 1 is 1.04 bits per heavy atom. The van der Waals surface area contributed by atoms with Gasteiger partial charge in [-0.05, 0) is 37.5 Å². The Morgan fingerprint density at radius 3 is 2.29 bits per heavy atom. The molecule has 0 saturated heterocycles. The van der Waals surface area contributed by atoms with E-state index >= 15 is 0 Å². The molecule has 1 aliphatic carbocycles. The molecule has 0 bridgehead atoms. The summed E-state index contributed by atoms with van der Waals surface area (Å²) in [5.41, 5.74) is 1.71. The van der Waals surface area contributed by atoms with Gasteiger partial charge >= 0.3 is 0 Å². The molecule has 2 aromatic rings. The number of rotatable bonds is 2. The summed E-state index contributed by atoms with van der Waals surface area (Å²) in [6.45, 7) is 1.35. The Kier molecular flexibility index (Phi) is 3.23. The second kappa shape index (κ2) is 5.20. The molecular formula is C20H19NO3. The highest BCUT2D eigenvalue weighted by molar-refractivity contribution is 6.26. The van der Waals surface area contributed by atoms with E-state index in [1.807, 2.05) is 41.0 Å². The summed E-state index contributed by atoms with van der Waals surface area (Å²) >= 11 is 0. The fourth-order valence-electron chi connectivity index (χ4n) is 4.23. The van der Waals surface area contributed by atoms with E-state index in [0.29, 0.717) is 5.69 Å². The van der Waals surface area contributed by atoms with Crippen molar-refractivity contribution in [3.05, 3.63) is 59.5 Å². The van der Waals surface area contributed by atoms with E-state index in [1.54, 1.807) is 6.07 Å². The van der Waals surface area contributed by atoms with Crippen molar-refractivity contribution in [2.75, 3.05) is 0 Å². The number of aliphatic hydroxyl groups excluding tert-OH is 1. The second-order valence-electron chi connectivity index (χ2n) is 6.65. The Balaban J connectivity index is 2.02. The molecule has 4 heteroatoms. The van der Waals surface area contributed by atoms with Crippen LogP contribution in [0, 0.1) is 0 Å². The van der Waals surface area contributed by atoms with E-state index in [0.717, 1.165) is 36.9 Å². The van der Waals surface area contributed by atoms with Crippen LogP contribution in [0.5, 0.6) is 0 Å². The Morgan fingerprint density at radius 2 is 1.67 bits per heavy atom. The third-order valence-electron chi connectivity index (χ3n) is 5.30. The third kappa shape index (κ3) is 1.86. The monoisotopic (exact) mass is 321 g/mol. The van der Waals surface area contributed by atoms with Crippen molar-refractivity contribution in [1.82, 2.24) is 4.57 Å². The number of allylic oxidation sites excluding steroid dienone is 2. The summed E-state index contributed by atoms with van der Waals surface area (Å²) in [7, 11) is 0. The molecule has 1 spiro atoms. The molecule has 0 amide bonds. The molecule has 0 atom stereocenters. The Labute approximate surface area is 140 Å². The fourth-order valence-corrected chi connectivity index (χ4v) is 4.23. The van der Waals surface area contributed by atoms with Crippen LogP contribution in [-0.2, 0) is 10.3 Å². The van der Waals surface area contributed by atoms with Gasteiger partial charge in [-0.3, -0.25) is 9.59 Å². The number of Topliss-reactive ketones (excluding diaryl/α,β-unsaturated/α-hetero) is 2. The van der Waals surface area contributed by atoms with E-state index < -0.39 is 5.54 Å². The maximum atomic E-state index is 12.8. The van der Waals surface area contributed by atoms with Gasteiger partial charge in [-0.15, -0.1) is 0 Å². The normalized spacial score (nSPS) is 19.0. The van der Waals surface area contributed by atoms with Crippen LogP contribution >= 0.6 is 0 Å². The number of hydrogen-bond donors (Lipinski definition) is 1. The Hall–Kier alpha value is -2.62. The first-order chi connectivity index (χ1) is 11.6. The lowest BCUT2D eigenvalue weighted by atomic mass is 9.84. The van der Waals surface area contributed by atoms with Gasteiger partial charge in [0.1, 0.15) is 16.9 Å². The first kappa shape index (κ1) is 14.9. The minimum Gasteiger partial charge on any atom is -0.509 e. The highest BCUT2D eigenvalue weighted by atomic mass is 16.3. The van der Waals surface area contributed by atoms with Crippen molar-refractivity contribution in [3.8, 4) is 11.3 Å². The van der Waals surface area contributed by atoms with Gasteiger partial charge in [-0.1, -0.05) is 43.2 Å². The van der Waals surface area contributed by atoms with Crippen molar-refractivity contribution in [1.29, 1.82) is 0 Å². The number of aromatic nitrogens is 1. The predicted molar refractivity (Wildman–Crippen MR) is 91.0 cm³/mol. The van der Waals surface area contributed by atoms with Crippen LogP contribution < -0.4 is 0 Å². The Bertz CT molecular complexity index is 868. The van der Waals surface area contributed by atoms with Crippen molar-refractivity contribution in [2.45, 2.75) is 38.1 Å². The number of ketones is 2. The molecule has 1 aliphatic heterocycles. The third-order valence-corrected chi connectivity index (χ3v) is 5.30. The van der Waals surface area contributed by atoms with Crippen molar-refractivity contribution in [3.63, 3.8) is 0 Å². The lowest BCUT2D eigenvalue weighted by Gasteiger charge is -2.38. The van der Waals surface area contributed by atoms with E-state index in [-0.39, 0.29) is 22.9 Å². The summed E-state index contributed by atoms with van der Waals surface area (Å²) in [5.74, 6) is -0.782. The summed E-state index contributed by atoms with van der Waals surface area (Å²) in [6, 6.07) is 13.5. The smallest absolute Gasteiger partial charge is 0.216 e. The van der Waals surface area contributed by atoms with Gasteiger partial charge in [0.2, 0.25) is 5.78 Å². The van der Waals surface area contributed by atoms with Crippen LogP contribution in [0.2, 0.25) is 0 Å². The average molecular weight is 321 g/mol. The van der Waals surface area contributed by atoms with Gasteiger partial charge in [-0.25, -0.2) is 0 Å². The number of fused-ring (bicyclic) bond motifs is 2. The van der Waals surface area contributed by atoms with Crippen molar-refractivity contribution in [2.24, 2.45) is 0 Å². The minimum absolute atomic E-state index is 0.0397. The number of carbonyl (C=O) groups excluding carboxylic acids is 2. The molecule has 1 N–H and O–H groups in total. The highest BCUT2D eigenvalue weighted by Crippen LogP contribution is 2.49. The predicted octanol–water partition coefficient (Wildman–Crippen LogP) is 4.02. The lowest BCUT2D eigenvalue weighted by molar-refractivity contribution is -0.113. The number of nitrogens with zero attached hydrogens (tertiary/aromatic N) is 1. The zero-order valence-electron chi connectivity index (χ0n) is 13.6. The zero-order valence-corrected chi connectivity index (χ0v) is 13.6. The molecule has 0 unspecified atom stereocenters. The molecule has 24 heavy (non-hydrogen) atoms. The second-order valence-corrected chi connectivity index (χ2v) is 6.65. The molecule has 1 aromatic carbocycles. The maximum Gasteiger partial charge on any atom is 0.216 e. The standard InChI is InChI=1S/C20H19NO3/c1-13(22)17-18(23)16-10-9-15(14-7-3-2-4-8-14)21(16)20(19(17)24)11-5-6-12-20/h2-4,7-10,24H,5-6,11-12H2,1H3. The van der Waals surface area contributed by atoms with Crippen molar-refractivity contribution < 1.29 is 14.7 Å². The van der Waals surface area contributed by atoms with Crippen LogP contribution in [0.15, 0.2) is 53.8 Å². The molecule has 1 saturated carbocycles. The van der Waals surface area contributed by atoms with E-state index in [9.17, 15) is 14.7 Å². The number of benzene rings is 1. The molecule has 2 aliphatic rings. The SMILES string of the molecule is CC(=O)C1=C(O)C2(CCCC2)n2c(ccc2-c2ccccc2)C1=O. The van der Waals surface area contributed by atoms with Crippen LogP contribution in [0.1, 0.15) is 43.1 Å². The molecule has 1 fully saturated rings. The topological polar surface area (TPSA) is 59.3 Å². The van der Waals surface area contributed by atoms with Crippen LogP contribution in [0.4, 0.5) is 0 Å². The van der Waals surface area contributed by atoms with E-state index in [1.165, 1.54) is 6.92 Å². The number of aliphatic hydroxyl groups is 1. The summed E-state index contributed by atoms with van der Waals surface area (Å²) in [5, 5.41) is 10.9. The fraction of sp³-hybridized carbons (Fsp3) is 0.300. The molecule has 2 heterocycles. The van der Waals surface area contributed by atoms with Gasteiger partial charge in [0.05, 0.1) is 5.69 Å². The summed E-state index contributed by atoms with van der Waals surface area (Å²) in [4.78, 5) is 24.8. The average Bonchev–Trinajstić information content (AvgIpc) is 3.22. The number of carbonyl (C=O) groups is 2. The highest BCUT2D eigenvalue weighted by Gasteiger charge is 2.49. The first-order valence-corrected chi connectivity index (χ1v) is 8.33. The molecule has 0 radical (unpaired) electrons. The van der Waals surface area contributed by atoms with Crippen LogP contribution in [0.3, 0.4) is 0 Å². The first-order valence-electron chi connectivity index (χ1n) is 8.33. The van der Waals surface area contributed by atoms with Crippen molar-refractivity contribution >= 4 is 11.6 Å². The van der Waals surface area contributed by atoms with E-state index in [2.05, 4.69) is 0 Å². The molecule has 122 valence electrons. The van der Waals surface area contributed by atoms with Gasteiger partial charge in [0.25, 0.3) is 0 Å². The van der Waals surface area contributed by atoms with Gasteiger partial charge in [0, 0.05) is 5.69 Å². The maximum absolute atomic E-state index is 12.8. The van der Waals surface area contributed by atoms with Crippen LogP contribution in [0.25, 0.3) is 11.3 Å². The zero-order chi connectivity index (χ0) is 16.9. The molecule has 4 nitrogen and oxygen atoms in total.